The number of ether oxygens (including phenoxy) is 1. The Kier molecular flexibility index (Phi) is 2.10. The predicted molar refractivity (Wildman–Crippen MR) is 63.1 cm³/mol. The summed E-state index contributed by atoms with van der Waals surface area (Å²) in [5.74, 6) is 0.250. The Morgan fingerprint density at radius 3 is 2.72 bits per heavy atom. The molecule has 0 atom stereocenters. The third-order valence-electron chi connectivity index (χ3n) is 3.05. The number of ketones is 1. The molecule has 2 heterocycles. The summed E-state index contributed by atoms with van der Waals surface area (Å²) in [6.07, 6.45) is 1.52. The van der Waals surface area contributed by atoms with Crippen LogP contribution in [0.15, 0.2) is 24.4 Å². The van der Waals surface area contributed by atoms with Gasteiger partial charge in [0.15, 0.2) is 5.82 Å². The van der Waals surface area contributed by atoms with Crippen LogP contribution in [-0.4, -0.2) is 28.4 Å². The minimum Gasteiger partial charge on any atom is -0.497 e. The predicted octanol–water partition coefficient (Wildman–Crippen LogP) is 1.43. The first-order valence-corrected chi connectivity index (χ1v) is 5.45. The molecule has 2 aromatic rings. The average molecular weight is 242 g/mol. The molecule has 5 heteroatoms. The van der Waals surface area contributed by atoms with Crippen LogP contribution in [0.5, 0.6) is 5.75 Å². The second-order valence-corrected chi connectivity index (χ2v) is 4.10. The van der Waals surface area contributed by atoms with Crippen LogP contribution in [0.25, 0.3) is 0 Å². The van der Waals surface area contributed by atoms with Gasteiger partial charge < -0.3 is 4.74 Å². The zero-order valence-corrected chi connectivity index (χ0v) is 9.93. The summed E-state index contributed by atoms with van der Waals surface area (Å²) >= 11 is 0. The van der Waals surface area contributed by atoms with Gasteiger partial charge in [-0.2, -0.15) is 0 Å². The number of benzene rings is 1. The molecular formula is C13H10N2O3. The molecule has 0 radical (unpaired) electrons. The Bertz CT molecular complexity index is 686. The molecule has 0 saturated carbocycles. The third-order valence-corrected chi connectivity index (χ3v) is 3.05. The second kappa shape index (κ2) is 3.53. The molecule has 0 fully saturated rings. The van der Waals surface area contributed by atoms with E-state index in [0.717, 1.165) is 0 Å². The average Bonchev–Trinajstić information content (AvgIpc) is 2.78. The van der Waals surface area contributed by atoms with E-state index >= 15 is 0 Å². The van der Waals surface area contributed by atoms with Gasteiger partial charge in [-0.1, -0.05) is 0 Å². The van der Waals surface area contributed by atoms with Gasteiger partial charge >= 0.3 is 0 Å². The standard InChI is InChI=1S/C13H10N2O3/c1-7-6-14-12-11(16)9-4-3-8(18-2)5-10(9)13(17)15(7)12/h3-6H,1-2H3. The van der Waals surface area contributed by atoms with E-state index in [1.165, 1.54) is 17.9 Å². The molecule has 0 amide bonds. The van der Waals surface area contributed by atoms with Crippen LogP contribution in [0.1, 0.15) is 32.2 Å². The topological polar surface area (TPSA) is 61.2 Å². The molecule has 1 aliphatic rings. The monoisotopic (exact) mass is 242 g/mol. The van der Waals surface area contributed by atoms with Gasteiger partial charge in [-0.15, -0.1) is 0 Å². The minimum absolute atomic E-state index is 0.176. The molecule has 0 bridgehead atoms. The Morgan fingerprint density at radius 1 is 1.22 bits per heavy atom. The van der Waals surface area contributed by atoms with E-state index in [9.17, 15) is 9.59 Å². The lowest BCUT2D eigenvalue weighted by atomic mass is 9.98. The zero-order valence-electron chi connectivity index (χ0n) is 9.93. The van der Waals surface area contributed by atoms with Gasteiger partial charge in [0.25, 0.3) is 5.91 Å². The lowest BCUT2D eigenvalue weighted by Gasteiger charge is -2.17. The number of imidazole rings is 1. The molecule has 1 aliphatic heterocycles. The zero-order chi connectivity index (χ0) is 12.9. The summed E-state index contributed by atoms with van der Waals surface area (Å²) in [6, 6.07) is 4.84. The van der Waals surface area contributed by atoms with Crippen LogP contribution in [-0.2, 0) is 0 Å². The van der Waals surface area contributed by atoms with Crippen molar-refractivity contribution in [2.45, 2.75) is 6.92 Å². The molecule has 0 aliphatic carbocycles. The van der Waals surface area contributed by atoms with Crippen molar-refractivity contribution in [2.24, 2.45) is 0 Å². The van der Waals surface area contributed by atoms with Gasteiger partial charge in [-0.3, -0.25) is 14.2 Å². The van der Waals surface area contributed by atoms with Crippen LogP contribution in [0.4, 0.5) is 0 Å². The van der Waals surface area contributed by atoms with Gasteiger partial charge in [0.2, 0.25) is 5.78 Å². The van der Waals surface area contributed by atoms with Crippen molar-refractivity contribution in [3.8, 4) is 5.75 Å². The summed E-state index contributed by atoms with van der Waals surface area (Å²) in [7, 11) is 1.52. The molecule has 90 valence electrons. The maximum absolute atomic E-state index is 12.3. The van der Waals surface area contributed by atoms with Gasteiger partial charge in [-0.05, 0) is 25.1 Å². The highest BCUT2D eigenvalue weighted by atomic mass is 16.5. The van der Waals surface area contributed by atoms with Crippen LogP contribution < -0.4 is 4.74 Å². The molecular weight excluding hydrogens is 232 g/mol. The molecule has 3 rings (SSSR count). The Morgan fingerprint density at radius 2 is 2.00 bits per heavy atom. The summed E-state index contributed by atoms with van der Waals surface area (Å²) in [6.45, 7) is 1.74. The number of aryl methyl sites for hydroxylation is 1. The first-order valence-electron chi connectivity index (χ1n) is 5.45. The van der Waals surface area contributed by atoms with Crippen LogP contribution >= 0.6 is 0 Å². The highest BCUT2D eigenvalue weighted by Crippen LogP contribution is 2.26. The van der Waals surface area contributed by atoms with Crippen molar-refractivity contribution in [3.05, 3.63) is 47.0 Å². The lowest BCUT2D eigenvalue weighted by Crippen LogP contribution is -2.28. The van der Waals surface area contributed by atoms with Crippen molar-refractivity contribution in [1.29, 1.82) is 0 Å². The highest BCUT2D eigenvalue weighted by Gasteiger charge is 2.31. The lowest BCUT2D eigenvalue weighted by molar-refractivity contribution is 0.0905. The summed E-state index contributed by atoms with van der Waals surface area (Å²) < 4.78 is 6.41. The van der Waals surface area contributed by atoms with E-state index in [1.54, 1.807) is 25.1 Å². The summed E-state index contributed by atoms with van der Waals surface area (Å²) in [5, 5.41) is 0. The fourth-order valence-corrected chi connectivity index (χ4v) is 2.12. The quantitative estimate of drug-likeness (QED) is 0.647. The molecule has 1 aromatic heterocycles. The first-order chi connectivity index (χ1) is 8.63. The molecule has 0 N–H and O–H groups in total. The molecule has 0 unspecified atom stereocenters. The summed E-state index contributed by atoms with van der Waals surface area (Å²) in [4.78, 5) is 28.5. The number of hydrogen-bond acceptors (Lipinski definition) is 4. The van der Waals surface area contributed by atoms with Gasteiger partial charge in [0.1, 0.15) is 5.75 Å². The molecule has 5 nitrogen and oxygen atoms in total. The van der Waals surface area contributed by atoms with Gasteiger partial charge in [0, 0.05) is 17.5 Å². The maximum atomic E-state index is 12.3. The van der Waals surface area contributed by atoms with Crippen molar-refractivity contribution >= 4 is 11.7 Å². The molecule has 0 saturated heterocycles. The van der Waals surface area contributed by atoms with Crippen molar-refractivity contribution < 1.29 is 14.3 Å². The van der Waals surface area contributed by atoms with Crippen LogP contribution in [0.3, 0.4) is 0 Å². The Labute approximate surface area is 103 Å². The van der Waals surface area contributed by atoms with E-state index in [1.807, 2.05) is 0 Å². The number of carbonyl (C=O) groups excluding carboxylic acids is 2. The molecule has 0 spiro atoms. The number of rotatable bonds is 1. The Hall–Kier alpha value is -2.43. The first kappa shape index (κ1) is 10.7. The number of nitrogens with zero attached hydrogens (tertiary/aromatic N) is 2. The van der Waals surface area contributed by atoms with Crippen molar-refractivity contribution in [3.63, 3.8) is 0 Å². The van der Waals surface area contributed by atoms with Crippen molar-refractivity contribution in [2.75, 3.05) is 7.11 Å². The Balaban J connectivity index is 2.28. The van der Waals surface area contributed by atoms with E-state index in [0.29, 0.717) is 22.6 Å². The van der Waals surface area contributed by atoms with E-state index in [4.69, 9.17) is 4.74 Å². The maximum Gasteiger partial charge on any atom is 0.264 e. The van der Waals surface area contributed by atoms with E-state index in [2.05, 4.69) is 4.98 Å². The van der Waals surface area contributed by atoms with Crippen molar-refractivity contribution in [1.82, 2.24) is 9.55 Å². The normalized spacial score (nSPS) is 13.2. The number of hydrogen-bond donors (Lipinski definition) is 0. The van der Waals surface area contributed by atoms with Gasteiger partial charge in [0.05, 0.1) is 12.7 Å². The number of methoxy groups -OCH3 is 1. The minimum atomic E-state index is -0.242. The fraction of sp³-hybridized carbons (Fsp3) is 0.154. The SMILES string of the molecule is COc1ccc2c(c1)C(=O)n1c(C)cnc1C2=O. The fourth-order valence-electron chi connectivity index (χ4n) is 2.12. The van der Waals surface area contributed by atoms with E-state index in [-0.39, 0.29) is 17.5 Å². The second-order valence-electron chi connectivity index (χ2n) is 4.10. The summed E-state index contributed by atoms with van der Waals surface area (Å²) in [5.41, 5.74) is 1.38. The van der Waals surface area contributed by atoms with Gasteiger partial charge in [-0.25, -0.2) is 4.98 Å². The number of aromatic nitrogens is 2. The third kappa shape index (κ3) is 1.24. The smallest absolute Gasteiger partial charge is 0.264 e. The van der Waals surface area contributed by atoms with E-state index < -0.39 is 0 Å². The molecule has 18 heavy (non-hydrogen) atoms. The number of carbonyl (C=O) groups is 2. The van der Waals surface area contributed by atoms with Crippen LogP contribution in [0, 0.1) is 6.92 Å². The molecule has 1 aromatic carbocycles. The van der Waals surface area contributed by atoms with Crippen LogP contribution in [0.2, 0.25) is 0 Å². The number of fused-ring (bicyclic) bond motifs is 2. The largest absolute Gasteiger partial charge is 0.497 e. The highest BCUT2D eigenvalue weighted by molar-refractivity contribution is 6.20.